The summed E-state index contributed by atoms with van der Waals surface area (Å²) in [6.45, 7) is 2.07. The molecule has 5 nitrogen and oxygen atoms in total. The molecule has 6 heteroatoms. The molecule has 1 aromatic carbocycles. The third kappa shape index (κ3) is 4.94. The summed E-state index contributed by atoms with van der Waals surface area (Å²) in [6.07, 6.45) is 6.16. The Labute approximate surface area is 148 Å². The van der Waals surface area contributed by atoms with Gasteiger partial charge in [0.05, 0.1) is 0 Å². The molecule has 3 amide bonds. The number of nitrogens with zero attached hydrogens (tertiary/aromatic N) is 1. The molecule has 136 valence electrons. The molecule has 2 aliphatic rings. The molecule has 1 aliphatic carbocycles. The zero-order chi connectivity index (χ0) is 17.6. The third-order valence-electron chi connectivity index (χ3n) is 5.29. The van der Waals surface area contributed by atoms with Crippen LogP contribution in [0, 0.1) is 17.7 Å². The Bertz CT molecular complexity index is 591. The van der Waals surface area contributed by atoms with Crippen LogP contribution in [0.25, 0.3) is 0 Å². The van der Waals surface area contributed by atoms with Crippen molar-refractivity contribution in [2.45, 2.75) is 38.5 Å². The van der Waals surface area contributed by atoms with Gasteiger partial charge in [0.25, 0.3) is 0 Å². The van der Waals surface area contributed by atoms with Crippen LogP contribution in [-0.2, 0) is 4.79 Å². The lowest BCUT2D eigenvalue weighted by atomic mass is 9.96. The highest BCUT2D eigenvalue weighted by atomic mass is 19.1. The second kappa shape index (κ2) is 8.32. The first kappa shape index (κ1) is 17.7. The monoisotopic (exact) mass is 347 g/mol. The van der Waals surface area contributed by atoms with Gasteiger partial charge in [0.15, 0.2) is 0 Å². The van der Waals surface area contributed by atoms with Crippen LogP contribution >= 0.6 is 0 Å². The van der Waals surface area contributed by atoms with E-state index in [9.17, 15) is 14.0 Å². The highest BCUT2D eigenvalue weighted by Crippen LogP contribution is 2.25. The van der Waals surface area contributed by atoms with Crippen LogP contribution in [0.1, 0.15) is 38.5 Å². The van der Waals surface area contributed by atoms with E-state index in [1.165, 1.54) is 25.0 Å². The Morgan fingerprint density at radius 1 is 1.04 bits per heavy atom. The number of carbonyl (C=O) groups excluding carboxylic acids is 2. The van der Waals surface area contributed by atoms with E-state index in [2.05, 4.69) is 10.6 Å². The Kier molecular flexibility index (Phi) is 5.89. The van der Waals surface area contributed by atoms with Crippen LogP contribution in [0.3, 0.4) is 0 Å². The third-order valence-corrected chi connectivity index (χ3v) is 5.29. The van der Waals surface area contributed by atoms with Crippen molar-refractivity contribution in [2.75, 3.05) is 25.0 Å². The fourth-order valence-electron chi connectivity index (χ4n) is 3.65. The standard InChI is InChI=1S/C19H26FN3O2/c20-16-5-7-17(8-6-16)22-19(25)23-11-9-14(10-12-23)13-21-18(24)15-3-1-2-4-15/h5-8,14-15H,1-4,9-13H2,(H,21,24)(H,22,25). The SMILES string of the molecule is O=C(NCC1CCN(C(=O)Nc2ccc(F)cc2)CC1)C1CCCC1. The Balaban J connectivity index is 1.38. The van der Waals surface area contributed by atoms with Gasteiger partial charge in [-0.15, -0.1) is 0 Å². The van der Waals surface area contributed by atoms with Crippen molar-refractivity contribution in [3.63, 3.8) is 0 Å². The molecule has 1 aliphatic heterocycles. The van der Waals surface area contributed by atoms with Gasteiger partial charge in [0.2, 0.25) is 5.91 Å². The quantitative estimate of drug-likeness (QED) is 0.877. The van der Waals surface area contributed by atoms with Crippen LogP contribution in [0.4, 0.5) is 14.9 Å². The minimum atomic E-state index is -0.321. The van der Waals surface area contributed by atoms with Crippen molar-refractivity contribution in [2.24, 2.45) is 11.8 Å². The molecular weight excluding hydrogens is 321 g/mol. The summed E-state index contributed by atoms with van der Waals surface area (Å²) in [5.41, 5.74) is 0.595. The number of halogens is 1. The molecule has 0 aromatic heterocycles. The zero-order valence-corrected chi connectivity index (χ0v) is 14.5. The summed E-state index contributed by atoms with van der Waals surface area (Å²) in [7, 11) is 0. The van der Waals surface area contributed by atoms with Gasteiger partial charge in [-0.3, -0.25) is 4.79 Å². The second-order valence-corrected chi connectivity index (χ2v) is 7.09. The molecule has 1 saturated heterocycles. The topological polar surface area (TPSA) is 61.4 Å². The predicted octanol–water partition coefficient (Wildman–Crippen LogP) is 3.38. The molecule has 0 radical (unpaired) electrons. The average Bonchev–Trinajstić information content (AvgIpc) is 3.17. The Hall–Kier alpha value is -2.11. The van der Waals surface area contributed by atoms with Gasteiger partial charge in [0, 0.05) is 31.2 Å². The van der Waals surface area contributed by atoms with E-state index < -0.39 is 0 Å². The first-order valence-corrected chi connectivity index (χ1v) is 9.21. The number of urea groups is 1. The molecule has 1 saturated carbocycles. The van der Waals surface area contributed by atoms with Crippen molar-refractivity contribution >= 4 is 17.6 Å². The highest BCUT2D eigenvalue weighted by Gasteiger charge is 2.26. The molecule has 0 bridgehead atoms. The number of hydrogen-bond acceptors (Lipinski definition) is 2. The first-order valence-electron chi connectivity index (χ1n) is 9.21. The molecule has 0 spiro atoms. The fourth-order valence-corrected chi connectivity index (χ4v) is 3.65. The van der Waals surface area contributed by atoms with Crippen LogP contribution in [-0.4, -0.2) is 36.5 Å². The number of anilines is 1. The summed E-state index contributed by atoms with van der Waals surface area (Å²) >= 11 is 0. The lowest BCUT2D eigenvalue weighted by molar-refractivity contribution is -0.125. The highest BCUT2D eigenvalue weighted by molar-refractivity contribution is 5.89. The van der Waals surface area contributed by atoms with E-state index in [-0.39, 0.29) is 23.7 Å². The summed E-state index contributed by atoms with van der Waals surface area (Å²) < 4.78 is 12.9. The van der Waals surface area contributed by atoms with Gasteiger partial charge in [-0.1, -0.05) is 12.8 Å². The summed E-state index contributed by atoms with van der Waals surface area (Å²) in [5.74, 6) is 0.522. The predicted molar refractivity (Wildman–Crippen MR) is 94.7 cm³/mol. The number of likely N-dealkylation sites (tertiary alicyclic amines) is 1. The number of hydrogen-bond donors (Lipinski definition) is 2. The van der Waals surface area contributed by atoms with Gasteiger partial charge in [-0.2, -0.15) is 0 Å². The van der Waals surface area contributed by atoms with E-state index in [1.54, 1.807) is 17.0 Å². The zero-order valence-electron chi connectivity index (χ0n) is 14.5. The summed E-state index contributed by atoms with van der Waals surface area (Å²) in [5, 5.41) is 5.88. The van der Waals surface area contributed by atoms with Crippen LogP contribution in [0.15, 0.2) is 24.3 Å². The second-order valence-electron chi connectivity index (χ2n) is 7.09. The molecule has 2 fully saturated rings. The average molecular weight is 347 g/mol. The van der Waals surface area contributed by atoms with Gasteiger partial charge < -0.3 is 15.5 Å². The molecule has 3 rings (SSSR count). The van der Waals surface area contributed by atoms with Crippen molar-refractivity contribution in [3.05, 3.63) is 30.1 Å². The maximum absolute atomic E-state index is 12.9. The maximum Gasteiger partial charge on any atom is 0.321 e. The van der Waals surface area contributed by atoms with Gasteiger partial charge in [-0.05, 0) is 55.9 Å². The number of carbonyl (C=O) groups is 2. The molecule has 2 N–H and O–H groups in total. The van der Waals surface area contributed by atoms with E-state index in [1.807, 2.05) is 0 Å². The number of benzene rings is 1. The van der Waals surface area contributed by atoms with E-state index in [0.717, 1.165) is 25.7 Å². The minimum absolute atomic E-state index is 0.153. The van der Waals surface area contributed by atoms with Gasteiger partial charge >= 0.3 is 6.03 Å². The lowest BCUT2D eigenvalue weighted by Crippen LogP contribution is -2.43. The van der Waals surface area contributed by atoms with E-state index >= 15 is 0 Å². The van der Waals surface area contributed by atoms with Crippen LogP contribution < -0.4 is 10.6 Å². The van der Waals surface area contributed by atoms with Crippen LogP contribution in [0.5, 0.6) is 0 Å². The van der Waals surface area contributed by atoms with E-state index in [0.29, 0.717) is 31.2 Å². The van der Waals surface area contributed by atoms with Crippen molar-refractivity contribution in [1.29, 1.82) is 0 Å². The fraction of sp³-hybridized carbons (Fsp3) is 0.579. The molecule has 1 heterocycles. The van der Waals surface area contributed by atoms with Crippen molar-refractivity contribution in [1.82, 2.24) is 10.2 Å². The van der Waals surface area contributed by atoms with Gasteiger partial charge in [0.1, 0.15) is 5.82 Å². The van der Waals surface area contributed by atoms with E-state index in [4.69, 9.17) is 0 Å². The Morgan fingerprint density at radius 2 is 1.68 bits per heavy atom. The molecule has 0 atom stereocenters. The number of rotatable bonds is 4. The lowest BCUT2D eigenvalue weighted by Gasteiger charge is -2.32. The number of amides is 3. The smallest absolute Gasteiger partial charge is 0.321 e. The molecule has 25 heavy (non-hydrogen) atoms. The summed E-state index contributed by atoms with van der Waals surface area (Å²) in [4.78, 5) is 26.1. The molecule has 0 unspecified atom stereocenters. The molecule has 1 aromatic rings. The minimum Gasteiger partial charge on any atom is -0.356 e. The number of nitrogens with one attached hydrogen (secondary N) is 2. The maximum atomic E-state index is 12.9. The first-order chi connectivity index (χ1) is 12.1. The Morgan fingerprint density at radius 3 is 2.32 bits per heavy atom. The summed E-state index contributed by atoms with van der Waals surface area (Å²) in [6, 6.07) is 5.61. The van der Waals surface area contributed by atoms with Crippen molar-refractivity contribution in [3.8, 4) is 0 Å². The number of piperidine rings is 1. The normalized spacial score (nSPS) is 19.0. The van der Waals surface area contributed by atoms with Crippen LogP contribution in [0.2, 0.25) is 0 Å². The van der Waals surface area contributed by atoms with Gasteiger partial charge in [-0.25, -0.2) is 9.18 Å². The largest absolute Gasteiger partial charge is 0.356 e. The molecular formula is C19H26FN3O2. The van der Waals surface area contributed by atoms with Crippen molar-refractivity contribution < 1.29 is 14.0 Å².